The summed E-state index contributed by atoms with van der Waals surface area (Å²) in [5.74, 6) is 1.42. The maximum Gasteiger partial charge on any atom is 0.223 e. The molecule has 4 nitrogen and oxygen atoms in total. The first-order chi connectivity index (χ1) is 9.09. The van der Waals surface area contributed by atoms with Crippen molar-refractivity contribution in [3.8, 4) is 0 Å². The number of aromatic nitrogens is 2. The number of nitrogens with two attached hydrogens (primary N) is 1. The molecule has 0 unspecified atom stereocenters. The SMILES string of the molecule is CC(C)CCCCCCNc1nccc(C(N)=S)n1. The van der Waals surface area contributed by atoms with E-state index in [1.165, 1.54) is 25.7 Å². The van der Waals surface area contributed by atoms with Crippen molar-refractivity contribution < 1.29 is 0 Å². The number of anilines is 1. The monoisotopic (exact) mass is 280 g/mol. The van der Waals surface area contributed by atoms with Gasteiger partial charge in [-0.05, 0) is 18.4 Å². The van der Waals surface area contributed by atoms with Crippen molar-refractivity contribution in [1.82, 2.24) is 9.97 Å². The predicted molar refractivity (Wildman–Crippen MR) is 84.3 cm³/mol. The fraction of sp³-hybridized carbons (Fsp3) is 0.643. The van der Waals surface area contributed by atoms with Crippen LogP contribution in [0.1, 0.15) is 51.6 Å². The highest BCUT2D eigenvalue weighted by Crippen LogP contribution is 2.09. The van der Waals surface area contributed by atoms with Crippen molar-refractivity contribution in [2.45, 2.75) is 46.0 Å². The van der Waals surface area contributed by atoms with Gasteiger partial charge in [-0.1, -0.05) is 51.7 Å². The highest BCUT2D eigenvalue weighted by Gasteiger charge is 2.00. The number of rotatable bonds is 9. The summed E-state index contributed by atoms with van der Waals surface area (Å²) in [6, 6.07) is 1.72. The summed E-state index contributed by atoms with van der Waals surface area (Å²) in [7, 11) is 0. The van der Waals surface area contributed by atoms with Gasteiger partial charge < -0.3 is 11.1 Å². The summed E-state index contributed by atoms with van der Waals surface area (Å²) in [6.07, 6.45) is 8.01. The molecule has 0 bridgehead atoms. The zero-order valence-electron chi connectivity index (χ0n) is 11.9. The number of unbranched alkanes of at least 4 members (excludes halogenated alkanes) is 3. The van der Waals surface area contributed by atoms with Gasteiger partial charge >= 0.3 is 0 Å². The minimum Gasteiger partial charge on any atom is -0.388 e. The molecule has 1 heterocycles. The summed E-state index contributed by atoms with van der Waals surface area (Å²) in [5, 5.41) is 3.20. The Morgan fingerprint density at radius 3 is 2.74 bits per heavy atom. The third kappa shape index (κ3) is 7.06. The third-order valence-electron chi connectivity index (χ3n) is 2.90. The average molecular weight is 280 g/mol. The maximum atomic E-state index is 5.53. The second-order valence-electron chi connectivity index (χ2n) is 5.15. The second-order valence-corrected chi connectivity index (χ2v) is 5.59. The molecule has 0 amide bonds. The summed E-state index contributed by atoms with van der Waals surface area (Å²) in [5.41, 5.74) is 6.15. The van der Waals surface area contributed by atoms with Gasteiger partial charge in [0.15, 0.2) is 0 Å². The van der Waals surface area contributed by atoms with Gasteiger partial charge in [0.2, 0.25) is 5.95 Å². The van der Waals surface area contributed by atoms with Crippen molar-refractivity contribution in [3.63, 3.8) is 0 Å². The molecule has 0 aliphatic heterocycles. The first-order valence-corrected chi connectivity index (χ1v) is 7.37. The Balaban J connectivity index is 2.15. The number of thiocarbonyl (C=S) groups is 1. The molecule has 0 aliphatic carbocycles. The molecule has 0 atom stereocenters. The summed E-state index contributed by atoms with van der Waals surface area (Å²) < 4.78 is 0. The van der Waals surface area contributed by atoms with Crippen molar-refractivity contribution in [3.05, 3.63) is 18.0 Å². The van der Waals surface area contributed by atoms with Crippen LogP contribution in [0.4, 0.5) is 5.95 Å². The number of hydrogen-bond acceptors (Lipinski definition) is 4. The van der Waals surface area contributed by atoms with E-state index in [0.29, 0.717) is 16.6 Å². The molecular weight excluding hydrogens is 256 g/mol. The van der Waals surface area contributed by atoms with Gasteiger partial charge in [-0.15, -0.1) is 0 Å². The Hall–Kier alpha value is -1.23. The van der Waals surface area contributed by atoms with E-state index >= 15 is 0 Å². The summed E-state index contributed by atoms with van der Waals surface area (Å²) >= 11 is 4.89. The third-order valence-corrected chi connectivity index (χ3v) is 3.11. The molecule has 0 fully saturated rings. The normalized spacial score (nSPS) is 10.7. The molecule has 0 aromatic carbocycles. The molecule has 1 aromatic rings. The molecule has 0 radical (unpaired) electrons. The predicted octanol–water partition coefficient (Wildman–Crippen LogP) is 3.13. The van der Waals surface area contributed by atoms with E-state index in [1.54, 1.807) is 12.3 Å². The van der Waals surface area contributed by atoms with E-state index in [1.807, 2.05) is 0 Å². The van der Waals surface area contributed by atoms with Gasteiger partial charge in [-0.25, -0.2) is 9.97 Å². The molecule has 0 saturated carbocycles. The van der Waals surface area contributed by atoms with Crippen LogP contribution in [0.5, 0.6) is 0 Å². The fourth-order valence-corrected chi connectivity index (χ4v) is 1.93. The molecule has 106 valence electrons. The maximum absolute atomic E-state index is 5.53. The first-order valence-electron chi connectivity index (χ1n) is 6.96. The van der Waals surface area contributed by atoms with Crippen LogP contribution in [-0.2, 0) is 0 Å². The van der Waals surface area contributed by atoms with Crippen LogP contribution in [0.3, 0.4) is 0 Å². The van der Waals surface area contributed by atoms with Crippen LogP contribution in [0.2, 0.25) is 0 Å². The largest absolute Gasteiger partial charge is 0.388 e. The quantitative estimate of drug-likeness (QED) is 0.537. The molecule has 0 saturated heterocycles. The van der Waals surface area contributed by atoms with Gasteiger partial charge in [0.25, 0.3) is 0 Å². The Bertz CT molecular complexity index is 393. The lowest BCUT2D eigenvalue weighted by molar-refractivity contribution is 0.523. The molecule has 3 N–H and O–H groups in total. The van der Waals surface area contributed by atoms with Crippen LogP contribution in [0, 0.1) is 5.92 Å². The summed E-state index contributed by atoms with van der Waals surface area (Å²) in [4.78, 5) is 8.69. The van der Waals surface area contributed by atoms with Crippen LogP contribution in [0.25, 0.3) is 0 Å². The zero-order chi connectivity index (χ0) is 14.1. The average Bonchev–Trinajstić information content (AvgIpc) is 2.37. The fourth-order valence-electron chi connectivity index (χ4n) is 1.81. The molecule has 0 aliphatic rings. The molecule has 5 heteroatoms. The van der Waals surface area contributed by atoms with E-state index in [2.05, 4.69) is 29.1 Å². The molecule has 1 rings (SSSR count). The number of nitrogens with one attached hydrogen (secondary N) is 1. The van der Waals surface area contributed by atoms with Gasteiger partial charge in [0.1, 0.15) is 10.7 Å². The van der Waals surface area contributed by atoms with Crippen molar-refractivity contribution in [2.24, 2.45) is 11.7 Å². The number of nitrogens with zero attached hydrogens (tertiary/aromatic N) is 2. The highest BCUT2D eigenvalue weighted by molar-refractivity contribution is 7.80. The Morgan fingerprint density at radius 2 is 2.05 bits per heavy atom. The van der Waals surface area contributed by atoms with Crippen LogP contribution in [0.15, 0.2) is 12.3 Å². The molecule has 19 heavy (non-hydrogen) atoms. The second kappa shape index (κ2) is 8.80. The van der Waals surface area contributed by atoms with E-state index < -0.39 is 0 Å². The van der Waals surface area contributed by atoms with E-state index in [9.17, 15) is 0 Å². The van der Waals surface area contributed by atoms with Crippen molar-refractivity contribution >= 4 is 23.2 Å². The van der Waals surface area contributed by atoms with E-state index in [-0.39, 0.29) is 0 Å². The first kappa shape index (κ1) is 15.8. The van der Waals surface area contributed by atoms with E-state index in [0.717, 1.165) is 18.9 Å². The topological polar surface area (TPSA) is 63.8 Å². The van der Waals surface area contributed by atoms with Crippen molar-refractivity contribution in [1.29, 1.82) is 0 Å². The molecule has 1 aromatic heterocycles. The smallest absolute Gasteiger partial charge is 0.223 e. The van der Waals surface area contributed by atoms with E-state index in [4.69, 9.17) is 18.0 Å². The van der Waals surface area contributed by atoms with Gasteiger partial charge in [-0.2, -0.15) is 0 Å². The van der Waals surface area contributed by atoms with Gasteiger partial charge in [0, 0.05) is 12.7 Å². The molecular formula is C14H24N4S. The minimum absolute atomic E-state index is 0.305. The van der Waals surface area contributed by atoms with Crippen LogP contribution >= 0.6 is 12.2 Å². The highest BCUT2D eigenvalue weighted by atomic mass is 32.1. The number of hydrogen-bond donors (Lipinski definition) is 2. The Kier molecular flexibility index (Phi) is 7.33. The van der Waals surface area contributed by atoms with Crippen LogP contribution in [-0.4, -0.2) is 21.5 Å². The van der Waals surface area contributed by atoms with Gasteiger partial charge in [-0.3, -0.25) is 0 Å². The minimum atomic E-state index is 0.305. The lowest BCUT2D eigenvalue weighted by Gasteiger charge is -2.06. The van der Waals surface area contributed by atoms with Crippen LogP contribution < -0.4 is 11.1 Å². The standard InChI is InChI=1S/C14H24N4S/c1-11(2)7-5-3-4-6-9-16-14-17-10-8-12(18-14)13(15)19/h8,10-11H,3-7,9H2,1-2H3,(H2,15,19)(H,16,17,18). The Morgan fingerprint density at radius 1 is 1.32 bits per heavy atom. The Labute approximate surface area is 121 Å². The van der Waals surface area contributed by atoms with Gasteiger partial charge in [0.05, 0.1) is 0 Å². The van der Waals surface area contributed by atoms with Crippen molar-refractivity contribution in [2.75, 3.05) is 11.9 Å². The summed E-state index contributed by atoms with van der Waals surface area (Å²) in [6.45, 7) is 5.43. The lowest BCUT2D eigenvalue weighted by Crippen LogP contribution is -2.14. The zero-order valence-corrected chi connectivity index (χ0v) is 12.7. The molecule has 0 spiro atoms. The lowest BCUT2D eigenvalue weighted by atomic mass is 10.0.